The third-order valence-electron chi connectivity index (χ3n) is 2.86. The van der Waals surface area contributed by atoms with Crippen molar-refractivity contribution in [2.24, 2.45) is 0 Å². The van der Waals surface area contributed by atoms with Gasteiger partial charge in [-0.3, -0.25) is 4.98 Å². The second-order valence-corrected chi connectivity index (χ2v) is 4.98. The molecule has 0 atom stereocenters. The average Bonchev–Trinajstić information content (AvgIpc) is 2.34. The van der Waals surface area contributed by atoms with Crippen LogP contribution in [-0.2, 0) is 6.54 Å². The molecule has 0 unspecified atom stereocenters. The second-order valence-electron chi connectivity index (χ2n) is 4.98. The predicted molar refractivity (Wildman–Crippen MR) is 77.6 cm³/mol. The molecule has 2 rings (SSSR count). The summed E-state index contributed by atoms with van der Waals surface area (Å²) in [6.07, 6.45) is 0. The van der Waals surface area contributed by atoms with Crippen molar-refractivity contribution in [2.45, 2.75) is 20.4 Å². The summed E-state index contributed by atoms with van der Waals surface area (Å²) in [5.74, 6) is 1.71. The van der Waals surface area contributed by atoms with E-state index in [-0.39, 0.29) is 0 Å². The Morgan fingerprint density at radius 1 is 1.00 bits per heavy atom. The van der Waals surface area contributed by atoms with E-state index in [2.05, 4.69) is 30.0 Å². The minimum Gasteiger partial charge on any atom is -0.455 e. The summed E-state index contributed by atoms with van der Waals surface area (Å²) in [6, 6.07) is 12.1. The molecule has 0 amide bonds. The molecule has 0 N–H and O–H groups in total. The molecule has 0 aliphatic rings. The first-order valence-electron chi connectivity index (χ1n) is 6.41. The number of para-hydroxylation sites is 1. The zero-order valence-corrected chi connectivity index (χ0v) is 12.0. The van der Waals surface area contributed by atoms with Gasteiger partial charge in [-0.2, -0.15) is 0 Å². The van der Waals surface area contributed by atoms with E-state index in [1.54, 1.807) is 0 Å². The fourth-order valence-corrected chi connectivity index (χ4v) is 1.97. The lowest BCUT2D eigenvalue weighted by Gasteiger charge is -2.15. The van der Waals surface area contributed by atoms with Crippen LogP contribution in [0.25, 0.3) is 0 Å². The topological polar surface area (TPSA) is 25.4 Å². The van der Waals surface area contributed by atoms with Crippen LogP contribution in [0.5, 0.6) is 11.5 Å². The van der Waals surface area contributed by atoms with Crippen LogP contribution in [0.15, 0.2) is 36.4 Å². The van der Waals surface area contributed by atoms with E-state index >= 15 is 0 Å². The third-order valence-corrected chi connectivity index (χ3v) is 2.86. The third kappa shape index (κ3) is 3.55. The van der Waals surface area contributed by atoms with Crippen molar-refractivity contribution in [2.75, 3.05) is 14.1 Å². The van der Waals surface area contributed by atoms with Gasteiger partial charge in [0.25, 0.3) is 0 Å². The first-order valence-corrected chi connectivity index (χ1v) is 6.41. The Kier molecular flexibility index (Phi) is 4.17. The fraction of sp³-hybridized carbons (Fsp3) is 0.312. The maximum atomic E-state index is 6.01. The quantitative estimate of drug-likeness (QED) is 0.836. The highest BCUT2D eigenvalue weighted by Crippen LogP contribution is 2.27. The number of ether oxygens (including phenoxy) is 1. The van der Waals surface area contributed by atoms with Gasteiger partial charge in [0.1, 0.15) is 11.5 Å². The van der Waals surface area contributed by atoms with Gasteiger partial charge < -0.3 is 9.64 Å². The molecule has 0 aliphatic carbocycles. The van der Waals surface area contributed by atoms with Gasteiger partial charge in [0.15, 0.2) is 0 Å². The molecule has 2 aromatic rings. The fourth-order valence-electron chi connectivity index (χ4n) is 1.97. The summed E-state index contributed by atoms with van der Waals surface area (Å²) in [4.78, 5) is 6.55. The van der Waals surface area contributed by atoms with Gasteiger partial charge in [0.05, 0.1) is 5.69 Å². The molecule has 0 spiro atoms. The van der Waals surface area contributed by atoms with E-state index in [9.17, 15) is 0 Å². The molecule has 3 nitrogen and oxygen atoms in total. The first-order chi connectivity index (χ1) is 9.06. The lowest BCUT2D eigenvalue weighted by atomic mass is 10.2. The SMILES string of the molecule is Cc1ccc(Oc2ccccc2CN(C)C)c(C)n1. The van der Waals surface area contributed by atoms with Crippen LogP contribution in [0.1, 0.15) is 17.0 Å². The Bertz CT molecular complexity index is 564. The maximum Gasteiger partial charge on any atom is 0.148 e. The van der Waals surface area contributed by atoms with Crippen LogP contribution < -0.4 is 4.74 Å². The molecule has 1 aromatic heterocycles. The number of benzene rings is 1. The Hall–Kier alpha value is -1.87. The van der Waals surface area contributed by atoms with Crippen molar-refractivity contribution in [1.82, 2.24) is 9.88 Å². The Morgan fingerprint density at radius 3 is 2.42 bits per heavy atom. The molecule has 0 saturated heterocycles. The van der Waals surface area contributed by atoms with Gasteiger partial charge in [-0.05, 0) is 46.1 Å². The lowest BCUT2D eigenvalue weighted by molar-refractivity contribution is 0.388. The smallest absolute Gasteiger partial charge is 0.148 e. The summed E-state index contributed by atoms with van der Waals surface area (Å²) in [6.45, 7) is 4.81. The number of hydrogen-bond donors (Lipinski definition) is 0. The number of rotatable bonds is 4. The van der Waals surface area contributed by atoms with Gasteiger partial charge in [-0.25, -0.2) is 0 Å². The number of pyridine rings is 1. The van der Waals surface area contributed by atoms with Gasteiger partial charge in [0.2, 0.25) is 0 Å². The van der Waals surface area contributed by atoms with E-state index in [0.717, 1.165) is 29.4 Å². The Balaban J connectivity index is 2.27. The van der Waals surface area contributed by atoms with Crippen LogP contribution in [0.2, 0.25) is 0 Å². The van der Waals surface area contributed by atoms with Gasteiger partial charge in [-0.1, -0.05) is 18.2 Å². The molecule has 100 valence electrons. The van der Waals surface area contributed by atoms with E-state index in [1.165, 1.54) is 5.56 Å². The van der Waals surface area contributed by atoms with Crippen LogP contribution in [0, 0.1) is 13.8 Å². The first kappa shape index (κ1) is 13.6. The summed E-state index contributed by atoms with van der Waals surface area (Å²) >= 11 is 0. The number of aromatic nitrogens is 1. The highest BCUT2D eigenvalue weighted by molar-refractivity contribution is 5.39. The zero-order chi connectivity index (χ0) is 13.8. The van der Waals surface area contributed by atoms with Crippen molar-refractivity contribution in [3.8, 4) is 11.5 Å². The molecule has 0 radical (unpaired) electrons. The van der Waals surface area contributed by atoms with Crippen LogP contribution in [-0.4, -0.2) is 24.0 Å². The molecular weight excluding hydrogens is 236 g/mol. The normalized spacial score (nSPS) is 10.8. The molecule has 0 saturated carbocycles. The summed E-state index contributed by atoms with van der Waals surface area (Å²) in [5, 5.41) is 0. The van der Waals surface area contributed by atoms with Crippen molar-refractivity contribution in [1.29, 1.82) is 0 Å². The summed E-state index contributed by atoms with van der Waals surface area (Å²) in [7, 11) is 4.10. The van der Waals surface area contributed by atoms with E-state index < -0.39 is 0 Å². The van der Waals surface area contributed by atoms with Crippen LogP contribution >= 0.6 is 0 Å². The standard InChI is InChI=1S/C16H20N2O/c1-12-9-10-15(13(2)17-12)19-16-8-6-5-7-14(16)11-18(3)4/h5-10H,11H2,1-4H3. The molecule has 0 aliphatic heterocycles. The van der Waals surface area contributed by atoms with Gasteiger partial charge >= 0.3 is 0 Å². The summed E-state index contributed by atoms with van der Waals surface area (Å²) < 4.78 is 6.01. The number of aryl methyl sites for hydroxylation is 2. The lowest BCUT2D eigenvalue weighted by Crippen LogP contribution is -2.11. The molecule has 0 bridgehead atoms. The second kappa shape index (κ2) is 5.85. The molecule has 0 fully saturated rings. The monoisotopic (exact) mass is 256 g/mol. The van der Waals surface area contributed by atoms with E-state index in [0.29, 0.717) is 0 Å². The van der Waals surface area contributed by atoms with Crippen molar-refractivity contribution in [3.05, 3.63) is 53.3 Å². The van der Waals surface area contributed by atoms with Crippen LogP contribution in [0.3, 0.4) is 0 Å². The largest absolute Gasteiger partial charge is 0.455 e. The van der Waals surface area contributed by atoms with E-state index in [4.69, 9.17) is 4.74 Å². The van der Waals surface area contributed by atoms with Crippen molar-refractivity contribution < 1.29 is 4.74 Å². The summed E-state index contributed by atoms with van der Waals surface area (Å²) in [5.41, 5.74) is 3.10. The average molecular weight is 256 g/mol. The molecule has 1 heterocycles. The number of hydrogen-bond acceptors (Lipinski definition) is 3. The molecule has 19 heavy (non-hydrogen) atoms. The number of nitrogens with zero attached hydrogens (tertiary/aromatic N) is 2. The Labute approximate surface area is 114 Å². The van der Waals surface area contributed by atoms with E-state index in [1.807, 2.05) is 44.2 Å². The van der Waals surface area contributed by atoms with Gasteiger partial charge in [0, 0.05) is 17.8 Å². The zero-order valence-electron chi connectivity index (χ0n) is 12.0. The molecule has 3 heteroatoms. The maximum absolute atomic E-state index is 6.01. The van der Waals surface area contributed by atoms with Crippen LogP contribution in [0.4, 0.5) is 0 Å². The van der Waals surface area contributed by atoms with Crippen molar-refractivity contribution >= 4 is 0 Å². The highest BCUT2D eigenvalue weighted by atomic mass is 16.5. The highest BCUT2D eigenvalue weighted by Gasteiger charge is 2.07. The molecule has 1 aromatic carbocycles. The Morgan fingerprint density at radius 2 is 1.74 bits per heavy atom. The minimum atomic E-state index is 0.816. The predicted octanol–water partition coefficient (Wildman–Crippen LogP) is 3.55. The van der Waals surface area contributed by atoms with Crippen molar-refractivity contribution in [3.63, 3.8) is 0 Å². The molecular formula is C16H20N2O. The minimum absolute atomic E-state index is 0.816. The van der Waals surface area contributed by atoms with Gasteiger partial charge in [-0.15, -0.1) is 0 Å².